The van der Waals surface area contributed by atoms with Crippen LogP contribution < -0.4 is 4.74 Å². The summed E-state index contributed by atoms with van der Waals surface area (Å²) in [4.78, 5) is 85.4. The highest BCUT2D eigenvalue weighted by Crippen LogP contribution is 2.36. The third-order valence-corrected chi connectivity index (χ3v) is 6.88. The summed E-state index contributed by atoms with van der Waals surface area (Å²) in [5.74, 6) is -5.58. The molecule has 2 heterocycles. The summed E-state index contributed by atoms with van der Waals surface area (Å²) in [6.07, 6.45) is -15.6. The van der Waals surface area contributed by atoms with E-state index >= 15 is 0 Å². The zero-order valence-electron chi connectivity index (χ0n) is 28.4. The summed E-state index contributed by atoms with van der Waals surface area (Å²) in [7, 11) is 0. The lowest BCUT2D eigenvalue weighted by atomic mass is 9.96. The molecule has 3 rings (SSSR count). The van der Waals surface area contributed by atoms with Gasteiger partial charge in [-0.25, -0.2) is 0 Å². The Kier molecular flexibility index (Phi) is 14.5. The largest absolute Gasteiger partial charge is 0.463 e. The van der Waals surface area contributed by atoms with E-state index in [1.165, 1.54) is 0 Å². The zero-order valence-corrected chi connectivity index (χ0v) is 28.4. The van der Waals surface area contributed by atoms with Gasteiger partial charge in [-0.15, -0.1) is 0 Å². The van der Waals surface area contributed by atoms with Crippen LogP contribution in [-0.2, 0) is 80.9 Å². The molecule has 0 unspecified atom stereocenters. The fourth-order valence-electron chi connectivity index (χ4n) is 5.20. The van der Waals surface area contributed by atoms with Crippen LogP contribution >= 0.6 is 0 Å². The molecule has 0 N–H and O–H groups in total. The first-order valence-electron chi connectivity index (χ1n) is 15.4. The van der Waals surface area contributed by atoms with E-state index in [1.807, 2.05) is 0 Å². The lowest BCUT2D eigenvalue weighted by molar-refractivity contribution is -0.355. The summed E-state index contributed by atoms with van der Waals surface area (Å²) >= 11 is 0. The summed E-state index contributed by atoms with van der Waals surface area (Å²) < 4.78 is 62.3. The van der Waals surface area contributed by atoms with Crippen LogP contribution in [0, 0.1) is 0 Å². The highest BCUT2D eigenvalue weighted by atomic mass is 16.8. The Balaban J connectivity index is 2.19. The second kappa shape index (κ2) is 18.3. The molecule has 2 aliphatic heterocycles. The van der Waals surface area contributed by atoms with E-state index in [2.05, 4.69) is 0 Å². The molecule has 2 aliphatic rings. The van der Waals surface area contributed by atoms with E-state index in [9.17, 15) is 33.6 Å². The van der Waals surface area contributed by atoms with Gasteiger partial charge in [0.1, 0.15) is 37.3 Å². The number of hydrogen-bond acceptors (Lipinski definition) is 18. The highest BCUT2D eigenvalue weighted by Gasteiger charge is 2.58. The second-order valence-corrected chi connectivity index (χ2v) is 11.1. The van der Waals surface area contributed by atoms with Crippen molar-refractivity contribution in [2.75, 3.05) is 13.2 Å². The number of ether oxygens (including phenoxy) is 11. The topological polar surface area (TPSA) is 221 Å². The Morgan fingerprint density at radius 3 is 1.30 bits per heavy atom. The van der Waals surface area contributed by atoms with Crippen molar-refractivity contribution in [2.24, 2.45) is 0 Å². The molecule has 2 fully saturated rings. The standard InChI is InChI=1S/C32H40O18/c1-15(33)40-13-23-25(42-17(3)35)27(44-19(5)37)29(45-20(6)38)32(49-23)50-28-26(43-18(4)36)24(14-41-16(2)34)48-31(30(28)46-21(7)39)47-22-11-9-8-10-12-22/h8-12,23-32H,13-14H2,1-7H3/t23-,24-,25+,26-,27+,28+,29-,30-,31-,32+/m1/s1. The maximum absolute atomic E-state index is 12.5. The van der Waals surface area contributed by atoms with Crippen LogP contribution in [0.1, 0.15) is 48.5 Å². The molecule has 0 saturated carbocycles. The second-order valence-electron chi connectivity index (χ2n) is 11.1. The monoisotopic (exact) mass is 712 g/mol. The number of benzene rings is 1. The van der Waals surface area contributed by atoms with Gasteiger partial charge in [0.15, 0.2) is 36.8 Å². The lowest BCUT2D eigenvalue weighted by Crippen LogP contribution is -2.67. The molecule has 0 aromatic heterocycles. The van der Waals surface area contributed by atoms with Gasteiger partial charge in [0.25, 0.3) is 0 Å². The molecule has 18 nitrogen and oxygen atoms in total. The average molecular weight is 713 g/mol. The van der Waals surface area contributed by atoms with Gasteiger partial charge >= 0.3 is 41.8 Å². The molecular weight excluding hydrogens is 672 g/mol. The quantitative estimate of drug-likeness (QED) is 0.203. The average Bonchev–Trinajstić information content (AvgIpc) is 3.00. The molecule has 276 valence electrons. The molecule has 1 aromatic carbocycles. The molecule has 1 aromatic rings. The van der Waals surface area contributed by atoms with E-state index in [0.717, 1.165) is 48.5 Å². The fourth-order valence-corrected chi connectivity index (χ4v) is 5.20. The molecule has 50 heavy (non-hydrogen) atoms. The van der Waals surface area contributed by atoms with Crippen molar-refractivity contribution in [3.05, 3.63) is 30.3 Å². The SMILES string of the molecule is CC(=O)OC[C@H]1O[C@@H](O[C@@H]2[C@@H](OC(C)=O)[C@H](Oc3ccccc3)O[C@H](COC(C)=O)[C@H]2OC(C)=O)[C@H](OC(C)=O)[C@@H](OC(C)=O)[C@H]1OC(C)=O. The Morgan fingerprint density at radius 1 is 0.480 bits per heavy atom. The molecule has 0 bridgehead atoms. The van der Waals surface area contributed by atoms with Crippen molar-refractivity contribution in [3.8, 4) is 5.75 Å². The fraction of sp³-hybridized carbons (Fsp3) is 0.594. The predicted octanol–water partition coefficient (Wildman–Crippen LogP) is 0.685. The van der Waals surface area contributed by atoms with Crippen molar-refractivity contribution in [3.63, 3.8) is 0 Å². The third kappa shape index (κ3) is 11.7. The minimum absolute atomic E-state index is 0.248. The van der Waals surface area contributed by atoms with Gasteiger partial charge in [0.05, 0.1) is 0 Å². The summed E-state index contributed by atoms with van der Waals surface area (Å²) in [5.41, 5.74) is 0. The van der Waals surface area contributed by atoms with Crippen molar-refractivity contribution in [1.82, 2.24) is 0 Å². The van der Waals surface area contributed by atoms with Crippen LogP contribution in [0.3, 0.4) is 0 Å². The van der Waals surface area contributed by atoms with Gasteiger partial charge in [-0.1, -0.05) is 18.2 Å². The molecule has 10 atom stereocenters. The van der Waals surface area contributed by atoms with Crippen LogP contribution in [0.2, 0.25) is 0 Å². The van der Waals surface area contributed by atoms with Gasteiger partial charge in [-0.3, -0.25) is 33.6 Å². The van der Waals surface area contributed by atoms with Gasteiger partial charge in [0.2, 0.25) is 6.29 Å². The maximum atomic E-state index is 12.5. The molecule has 0 spiro atoms. The summed E-state index contributed by atoms with van der Waals surface area (Å²) in [5, 5.41) is 0. The smallest absolute Gasteiger partial charge is 0.303 e. The highest BCUT2D eigenvalue weighted by molar-refractivity contribution is 5.69. The first kappa shape index (κ1) is 39.6. The first-order valence-corrected chi connectivity index (χ1v) is 15.4. The van der Waals surface area contributed by atoms with E-state index in [-0.39, 0.29) is 5.75 Å². The minimum Gasteiger partial charge on any atom is -0.463 e. The molecule has 2 saturated heterocycles. The Bertz CT molecular complexity index is 1380. The molecule has 0 aliphatic carbocycles. The predicted molar refractivity (Wildman–Crippen MR) is 160 cm³/mol. The van der Waals surface area contributed by atoms with Gasteiger partial charge in [-0.05, 0) is 12.1 Å². The van der Waals surface area contributed by atoms with Crippen LogP contribution in [0.25, 0.3) is 0 Å². The van der Waals surface area contributed by atoms with Gasteiger partial charge in [0, 0.05) is 48.5 Å². The number of carbonyl (C=O) groups is 7. The van der Waals surface area contributed by atoms with Crippen LogP contribution in [0.4, 0.5) is 0 Å². The normalized spacial score (nSPS) is 28.9. The van der Waals surface area contributed by atoms with Crippen LogP contribution in [0.15, 0.2) is 30.3 Å². The molecule has 18 heteroatoms. The number of hydrogen-bond donors (Lipinski definition) is 0. The first-order chi connectivity index (χ1) is 23.5. The number of carbonyl (C=O) groups excluding carboxylic acids is 7. The lowest BCUT2D eigenvalue weighted by Gasteiger charge is -2.48. The van der Waals surface area contributed by atoms with E-state index in [4.69, 9.17) is 52.1 Å². The zero-order chi connectivity index (χ0) is 37.1. The Morgan fingerprint density at radius 2 is 0.860 bits per heavy atom. The number of esters is 7. The van der Waals surface area contributed by atoms with Crippen molar-refractivity contribution >= 4 is 41.8 Å². The van der Waals surface area contributed by atoms with Gasteiger partial charge < -0.3 is 52.1 Å². The van der Waals surface area contributed by atoms with E-state index in [0.29, 0.717) is 0 Å². The van der Waals surface area contributed by atoms with Gasteiger partial charge in [-0.2, -0.15) is 0 Å². The minimum atomic E-state index is -1.80. The molecular formula is C32H40O18. The van der Waals surface area contributed by atoms with Crippen LogP contribution in [-0.4, -0.2) is 116 Å². The summed E-state index contributed by atoms with van der Waals surface area (Å²) in [6.45, 7) is 6.45. The molecule has 0 radical (unpaired) electrons. The van der Waals surface area contributed by atoms with Crippen molar-refractivity contribution in [2.45, 2.75) is 110 Å². The summed E-state index contributed by atoms with van der Waals surface area (Å²) in [6, 6.07) is 8.17. The number of rotatable bonds is 13. The third-order valence-electron chi connectivity index (χ3n) is 6.88. The van der Waals surface area contributed by atoms with E-state index in [1.54, 1.807) is 30.3 Å². The number of para-hydroxylation sites is 1. The maximum Gasteiger partial charge on any atom is 0.303 e. The Hall–Kier alpha value is -4.81. The molecule has 0 amide bonds. The van der Waals surface area contributed by atoms with Crippen molar-refractivity contribution < 1.29 is 85.7 Å². The van der Waals surface area contributed by atoms with E-state index < -0.39 is 116 Å². The Labute approximate surface area is 286 Å². The van der Waals surface area contributed by atoms with Crippen molar-refractivity contribution in [1.29, 1.82) is 0 Å². The van der Waals surface area contributed by atoms with Crippen LogP contribution in [0.5, 0.6) is 5.75 Å².